The van der Waals surface area contributed by atoms with Crippen LogP contribution in [-0.4, -0.2) is 6.04 Å². The standard InChI is InChI=1S/C17H20BrNO2/c1-12-7-16(21-17(12)9-19-15-5-6-15)11-20-10-13-3-2-4-14(18)8-13/h2-4,7-8,15,19H,5-6,9-11H2,1H3. The van der Waals surface area contributed by atoms with Gasteiger partial charge in [0.1, 0.15) is 18.1 Å². The van der Waals surface area contributed by atoms with E-state index >= 15 is 0 Å². The van der Waals surface area contributed by atoms with E-state index in [-0.39, 0.29) is 0 Å². The van der Waals surface area contributed by atoms with E-state index in [0.717, 1.165) is 28.1 Å². The Morgan fingerprint density at radius 2 is 2.14 bits per heavy atom. The fourth-order valence-electron chi connectivity index (χ4n) is 2.26. The van der Waals surface area contributed by atoms with Crippen LogP contribution in [0.3, 0.4) is 0 Å². The minimum atomic E-state index is 0.511. The average molecular weight is 350 g/mol. The molecule has 1 aromatic carbocycles. The molecule has 112 valence electrons. The lowest BCUT2D eigenvalue weighted by atomic mass is 10.2. The second-order valence-corrected chi connectivity index (χ2v) is 6.51. The summed E-state index contributed by atoms with van der Waals surface area (Å²) < 4.78 is 12.7. The first-order valence-corrected chi connectivity index (χ1v) is 8.14. The molecular formula is C17H20BrNO2. The van der Waals surface area contributed by atoms with Crippen LogP contribution in [0.25, 0.3) is 0 Å². The van der Waals surface area contributed by atoms with E-state index in [1.165, 1.54) is 18.4 Å². The predicted octanol–water partition coefficient (Wildman–Crippen LogP) is 4.32. The molecule has 0 saturated heterocycles. The lowest BCUT2D eigenvalue weighted by Gasteiger charge is -2.03. The molecule has 0 radical (unpaired) electrons. The van der Waals surface area contributed by atoms with Crippen molar-refractivity contribution in [2.75, 3.05) is 0 Å². The second-order valence-electron chi connectivity index (χ2n) is 5.60. The highest BCUT2D eigenvalue weighted by molar-refractivity contribution is 9.10. The van der Waals surface area contributed by atoms with E-state index in [0.29, 0.717) is 19.3 Å². The number of hydrogen-bond acceptors (Lipinski definition) is 3. The van der Waals surface area contributed by atoms with Crippen LogP contribution in [0.1, 0.15) is 35.5 Å². The maximum atomic E-state index is 5.86. The fraction of sp³-hybridized carbons (Fsp3) is 0.412. The minimum Gasteiger partial charge on any atom is -0.462 e. The highest BCUT2D eigenvalue weighted by Crippen LogP contribution is 2.21. The highest BCUT2D eigenvalue weighted by atomic mass is 79.9. The molecule has 1 fully saturated rings. The van der Waals surface area contributed by atoms with Gasteiger partial charge >= 0.3 is 0 Å². The van der Waals surface area contributed by atoms with Crippen LogP contribution in [0, 0.1) is 6.92 Å². The number of hydrogen-bond donors (Lipinski definition) is 1. The van der Waals surface area contributed by atoms with Crippen molar-refractivity contribution in [2.24, 2.45) is 0 Å². The molecule has 1 heterocycles. The number of ether oxygens (including phenoxy) is 1. The third kappa shape index (κ3) is 4.43. The maximum Gasteiger partial charge on any atom is 0.130 e. The Bertz CT molecular complexity index is 605. The van der Waals surface area contributed by atoms with Crippen molar-refractivity contribution in [1.29, 1.82) is 0 Å². The van der Waals surface area contributed by atoms with Gasteiger partial charge in [-0.25, -0.2) is 0 Å². The molecule has 1 saturated carbocycles. The summed E-state index contributed by atoms with van der Waals surface area (Å²) in [6, 6.07) is 10.9. The Kier molecular flexibility index (Phi) is 4.78. The molecule has 2 aromatic rings. The smallest absolute Gasteiger partial charge is 0.130 e. The first kappa shape index (κ1) is 14.8. The molecule has 4 heteroatoms. The van der Waals surface area contributed by atoms with Crippen LogP contribution in [0.5, 0.6) is 0 Å². The Morgan fingerprint density at radius 1 is 1.29 bits per heavy atom. The van der Waals surface area contributed by atoms with E-state index in [9.17, 15) is 0 Å². The van der Waals surface area contributed by atoms with E-state index in [1.807, 2.05) is 12.1 Å². The van der Waals surface area contributed by atoms with Crippen LogP contribution in [0.2, 0.25) is 0 Å². The van der Waals surface area contributed by atoms with E-state index in [4.69, 9.17) is 9.15 Å². The Hall–Kier alpha value is -1.10. The molecule has 0 amide bonds. The van der Waals surface area contributed by atoms with Gasteiger partial charge in [0, 0.05) is 10.5 Å². The van der Waals surface area contributed by atoms with Crippen molar-refractivity contribution in [3.05, 3.63) is 57.5 Å². The van der Waals surface area contributed by atoms with Crippen LogP contribution in [0.4, 0.5) is 0 Å². The summed E-state index contributed by atoms with van der Waals surface area (Å²) in [5.41, 5.74) is 2.35. The van der Waals surface area contributed by atoms with Gasteiger partial charge in [0.25, 0.3) is 0 Å². The summed E-state index contributed by atoms with van der Waals surface area (Å²) in [6.45, 7) is 4.01. The molecule has 3 nitrogen and oxygen atoms in total. The Labute approximate surface area is 133 Å². The highest BCUT2D eigenvalue weighted by Gasteiger charge is 2.21. The van der Waals surface area contributed by atoms with Crippen molar-refractivity contribution >= 4 is 15.9 Å². The molecule has 1 aliphatic rings. The van der Waals surface area contributed by atoms with Crippen molar-refractivity contribution in [3.63, 3.8) is 0 Å². The first-order chi connectivity index (χ1) is 10.2. The first-order valence-electron chi connectivity index (χ1n) is 7.34. The van der Waals surface area contributed by atoms with Crippen molar-refractivity contribution in [3.8, 4) is 0 Å². The zero-order chi connectivity index (χ0) is 14.7. The lowest BCUT2D eigenvalue weighted by molar-refractivity contribution is 0.0919. The van der Waals surface area contributed by atoms with Crippen molar-refractivity contribution in [2.45, 2.75) is 45.6 Å². The lowest BCUT2D eigenvalue weighted by Crippen LogP contribution is -2.15. The third-order valence-corrected chi connectivity index (χ3v) is 4.10. The van der Waals surface area contributed by atoms with Crippen molar-refractivity contribution < 1.29 is 9.15 Å². The number of nitrogens with one attached hydrogen (secondary N) is 1. The Morgan fingerprint density at radius 3 is 2.90 bits per heavy atom. The third-order valence-electron chi connectivity index (χ3n) is 3.60. The van der Waals surface area contributed by atoms with Gasteiger partial charge in [-0.3, -0.25) is 0 Å². The maximum absolute atomic E-state index is 5.86. The van der Waals surface area contributed by atoms with Crippen molar-refractivity contribution in [1.82, 2.24) is 5.32 Å². The zero-order valence-electron chi connectivity index (χ0n) is 12.2. The number of halogens is 1. The Balaban J connectivity index is 1.49. The largest absolute Gasteiger partial charge is 0.462 e. The van der Waals surface area contributed by atoms with Crippen LogP contribution in [0.15, 0.2) is 39.2 Å². The molecule has 1 aliphatic carbocycles. The van der Waals surface area contributed by atoms with Gasteiger partial charge in [-0.2, -0.15) is 0 Å². The zero-order valence-corrected chi connectivity index (χ0v) is 13.8. The van der Waals surface area contributed by atoms with Crippen LogP contribution >= 0.6 is 15.9 Å². The summed E-state index contributed by atoms with van der Waals surface area (Å²) in [5, 5.41) is 3.48. The van der Waals surface area contributed by atoms with E-state index < -0.39 is 0 Å². The van der Waals surface area contributed by atoms with Gasteiger partial charge in [0.15, 0.2) is 0 Å². The molecule has 0 unspecified atom stereocenters. The normalized spacial score (nSPS) is 14.6. The van der Waals surface area contributed by atoms with Gasteiger partial charge in [0.2, 0.25) is 0 Å². The summed E-state index contributed by atoms with van der Waals surface area (Å²) in [4.78, 5) is 0. The minimum absolute atomic E-state index is 0.511. The van der Waals surface area contributed by atoms with Crippen LogP contribution in [-0.2, 0) is 24.5 Å². The molecule has 21 heavy (non-hydrogen) atoms. The molecule has 1 aromatic heterocycles. The summed E-state index contributed by atoms with van der Waals surface area (Å²) in [5.74, 6) is 1.93. The molecule has 0 aliphatic heterocycles. The summed E-state index contributed by atoms with van der Waals surface area (Å²) in [7, 11) is 0. The van der Waals surface area contributed by atoms with Gasteiger partial charge in [-0.15, -0.1) is 0 Å². The summed E-state index contributed by atoms with van der Waals surface area (Å²) >= 11 is 3.46. The molecular weight excluding hydrogens is 330 g/mol. The van der Waals surface area contributed by atoms with E-state index in [1.54, 1.807) is 0 Å². The molecule has 0 atom stereocenters. The number of furan rings is 1. The van der Waals surface area contributed by atoms with Gasteiger partial charge in [-0.1, -0.05) is 28.1 Å². The predicted molar refractivity (Wildman–Crippen MR) is 85.9 cm³/mol. The fourth-order valence-corrected chi connectivity index (χ4v) is 2.70. The van der Waals surface area contributed by atoms with E-state index in [2.05, 4.69) is 46.4 Å². The monoisotopic (exact) mass is 349 g/mol. The average Bonchev–Trinajstić information content (AvgIpc) is 3.21. The quantitative estimate of drug-likeness (QED) is 0.808. The summed E-state index contributed by atoms with van der Waals surface area (Å²) in [6.07, 6.45) is 2.59. The van der Waals surface area contributed by atoms with Gasteiger partial charge in [0.05, 0.1) is 13.2 Å². The number of rotatable bonds is 7. The molecule has 0 spiro atoms. The van der Waals surface area contributed by atoms with Gasteiger partial charge < -0.3 is 14.5 Å². The molecule has 0 bridgehead atoms. The number of benzene rings is 1. The van der Waals surface area contributed by atoms with Crippen LogP contribution < -0.4 is 5.32 Å². The molecule has 1 N–H and O–H groups in total. The van der Waals surface area contributed by atoms with Gasteiger partial charge in [-0.05, 0) is 49.1 Å². The molecule has 3 rings (SSSR count). The topological polar surface area (TPSA) is 34.4 Å². The second kappa shape index (κ2) is 6.77. The SMILES string of the molecule is Cc1cc(COCc2cccc(Br)c2)oc1CNC1CC1. The number of aryl methyl sites for hydroxylation is 1.